The van der Waals surface area contributed by atoms with E-state index < -0.39 is 9.84 Å². The van der Waals surface area contributed by atoms with E-state index in [4.69, 9.17) is 14.2 Å². The minimum atomic E-state index is -3.72. The molecule has 0 amide bonds. The molecular weight excluding hydrogens is 524 g/mol. The molecule has 0 bridgehead atoms. The Kier molecular flexibility index (Phi) is 8.10. The Labute approximate surface area is 237 Å². The van der Waals surface area contributed by atoms with Crippen LogP contribution in [-0.2, 0) is 16.3 Å². The van der Waals surface area contributed by atoms with Gasteiger partial charge in [0.15, 0.2) is 11.5 Å². The van der Waals surface area contributed by atoms with Crippen LogP contribution >= 0.6 is 0 Å². The molecule has 212 valence electrons. The predicted molar refractivity (Wildman–Crippen MR) is 157 cm³/mol. The van der Waals surface area contributed by atoms with Gasteiger partial charge in [-0.15, -0.1) is 0 Å². The molecule has 0 saturated heterocycles. The number of nitrogens with zero attached hydrogens (tertiary/aromatic N) is 1. The van der Waals surface area contributed by atoms with Crippen LogP contribution in [0.5, 0.6) is 17.2 Å². The molecule has 1 aliphatic heterocycles. The number of ether oxygens (including phenoxy) is 3. The predicted octanol–water partition coefficient (Wildman–Crippen LogP) is 6.27. The van der Waals surface area contributed by atoms with E-state index in [9.17, 15) is 8.42 Å². The van der Waals surface area contributed by atoms with Gasteiger partial charge >= 0.3 is 0 Å². The molecule has 0 spiro atoms. The average molecular weight is 563 g/mol. The van der Waals surface area contributed by atoms with Crippen LogP contribution in [0.1, 0.15) is 60.9 Å². The summed E-state index contributed by atoms with van der Waals surface area (Å²) >= 11 is 0. The third-order valence-electron chi connectivity index (χ3n) is 7.72. The van der Waals surface area contributed by atoms with Gasteiger partial charge in [0, 0.05) is 18.4 Å². The number of rotatable bonds is 10. The second-order valence-corrected chi connectivity index (χ2v) is 12.5. The summed E-state index contributed by atoms with van der Waals surface area (Å²) in [7, 11) is -0.401. The van der Waals surface area contributed by atoms with Gasteiger partial charge in [-0.2, -0.15) is 0 Å². The highest BCUT2D eigenvalue weighted by atomic mass is 32.2. The van der Waals surface area contributed by atoms with Crippen LogP contribution in [-0.4, -0.2) is 40.2 Å². The molecular formula is C32H38N2O5S. The summed E-state index contributed by atoms with van der Waals surface area (Å²) in [6.45, 7) is 7.45. The first-order chi connectivity index (χ1) is 19.2. The van der Waals surface area contributed by atoms with Gasteiger partial charge in [-0.1, -0.05) is 19.9 Å². The largest absolute Gasteiger partial charge is 0.494 e. The smallest absolute Gasteiger partial charge is 0.209 e. The van der Waals surface area contributed by atoms with Crippen molar-refractivity contribution in [2.24, 2.45) is 0 Å². The number of sulfone groups is 1. The van der Waals surface area contributed by atoms with Crippen molar-refractivity contribution >= 4 is 15.4 Å². The van der Waals surface area contributed by atoms with Crippen molar-refractivity contribution in [1.82, 2.24) is 9.72 Å². The fourth-order valence-electron chi connectivity index (χ4n) is 5.62. The molecule has 0 fully saturated rings. The van der Waals surface area contributed by atoms with Gasteiger partial charge < -0.3 is 23.9 Å². The van der Waals surface area contributed by atoms with E-state index in [2.05, 4.69) is 17.4 Å². The summed E-state index contributed by atoms with van der Waals surface area (Å²) < 4.78 is 46.6. The van der Waals surface area contributed by atoms with Gasteiger partial charge in [-0.3, -0.25) is 0 Å². The molecule has 40 heavy (non-hydrogen) atoms. The topological polar surface area (TPSA) is 78.3 Å². The highest BCUT2D eigenvalue weighted by Gasteiger charge is 2.28. The number of nitrogens with one attached hydrogen (secondary N) is 1. The number of aryl methyl sites for hydroxylation is 1. The van der Waals surface area contributed by atoms with E-state index in [1.165, 1.54) is 11.1 Å². The second-order valence-electron chi connectivity index (χ2n) is 10.6. The van der Waals surface area contributed by atoms with E-state index in [1.54, 1.807) is 38.5 Å². The number of hydrogen-bond acceptors (Lipinski definition) is 6. The lowest BCUT2D eigenvalue weighted by molar-refractivity contribution is 0.294. The van der Waals surface area contributed by atoms with Gasteiger partial charge in [0.05, 0.1) is 31.2 Å². The van der Waals surface area contributed by atoms with Crippen molar-refractivity contribution in [3.63, 3.8) is 0 Å². The molecule has 7 nitrogen and oxygen atoms in total. The van der Waals surface area contributed by atoms with E-state index >= 15 is 0 Å². The summed E-state index contributed by atoms with van der Waals surface area (Å²) in [6, 6.07) is 15.1. The van der Waals surface area contributed by atoms with Crippen LogP contribution < -0.4 is 19.5 Å². The highest BCUT2D eigenvalue weighted by Crippen LogP contribution is 2.37. The van der Waals surface area contributed by atoms with Crippen molar-refractivity contribution in [1.29, 1.82) is 0 Å². The first kappa shape index (κ1) is 28.1. The molecule has 2 aromatic carbocycles. The van der Waals surface area contributed by atoms with Crippen LogP contribution in [0.25, 0.3) is 5.52 Å². The number of fused-ring (bicyclic) bond motifs is 2. The van der Waals surface area contributed by atoms with Crippen molar-refractivity contribution in [2.45, 2.75) is 61.8 Å². The zero-order valence-corrected chi connectivity index (χ0v) is 24.7. The second kappa shape index (κ2) is 11.6. The standard InChI is InChI=1S/C32H38N2O5S/c1-21(2)27-20-34-16-6-8-22(3)31(34)32(27)40(35,36)25-12-10-24(11-13-25)39-17-7-9-28-26-19-30(38-5)29(37-4)18-23(26)14-15-33-28/h6,8,10-13,16,18-21,28,33H,7,9,14-15,17H2,1-5H3. The van der Waals surface area contributed by atoms with Gasteiger partial charge in [-0.05, 0) is 103 Å². The SMILES string of the molecule is COc1cc2c(cc1OC)C(CCCOc1ccc(S(=O)(=O)c3c(C(C)C)cn4cccc(C)c34)cc1)NCC2. The third kappa shape index (κ3) is 5.30. The van der Waals surface area contributed by atoms with Crippen LogP contribution in [0.4, 0.5) is 0 Å². The lowest BCUT2D eigenvalue weighted by Gasteiger charge is -2.28. The molecule has 0 radical (unpaired) electrons. The number of aromatic nitrogens is 1. The van der Waals surface area contributed by atoms with Gasteiger partial charge in [-0.25, -0.2) is 8.42 Å². The average Bonchev–Trinajstić information content (AvgIpc) is 3.37. The Hall–Kier alpha value is -3.49. The highest BCUT2D eigenvalue weighted by molar-refractivity contribution is 7.91. The Bertz CT molecular complexity index is 1610. The maximum absolute atomic E-state index is 13.8. The fourth-order valence-corrected chi connectivity index (χ4v) is 7.47. The minimum Gasteiger partial charge on any atom is -0.494 e. The Morgan fingerprint density at radius 3 is 2.48 bits per heavy atom. The molecule has 1 unspecified atom stereocenters. The molecule has 4 aromatic rings. The van der Waals surface area contributed by atoms with E-state index in [0.717, 1.165) is 53.9 Å². The van der Waals surface area contributed by atoms with Crippen molar-refractivity contribution in [3.05, 3.63) is 83.2 Å². The third-order valence-corrected chi connectivity index (χ3v) is 9.58. The van der Waals surface area contributed by atoms with E-state index in [-0.39, 0.29) is 16.9 Å². The summed E-state index contributed by atoms with van der Waals surface area (Å²) in [5.74, 6) is 2.23. The van der Waals surface area contributed by atoms with E-state index in [0.29, 0.717) is 17.3 Å². The molecule has 0 saturated carbocycles. The molecule has 8 heteroatoms. The zero-order valence-electron chi connectivity index (χ0n) is 23.9. The maximum atomic E-state index is 13.8. The number of hydrogen-bond donors (Lipinski definition) is 1. The minimum absolute atomic E-state index is 0.0698. The van der Waals surface area contributed by atoms with Crippen molar-refractivity contribution in [3.8, 4) is 17.2 Å². The van der Waals surface area contributed by atoms with Gasteiger partial charge in [0.1, 0.15) is 10.6 Å². The number of methoxy groups -OCH3 is 2. The van der Waals surface area contributed by atoms with Crippen LogP contribution in [0.3, 0.4) is 0 Å². The molecule has 2 aromatic heterocycles. The van der Waals surface area contributed by atoms with E-state index in [1.807, 2.05) is 49.7 Å². The van der Waals surface area contributed by atoms with Gasteiger partial charge in [0.25, 0.3) is 0 Å². The normalized spacial score (nSPS) is 15.3. The fraction of sp³-hybridized carbons (Fsp3) is 0.375. The Morgan fingerprint density at radius 2 is 1.77 bits per heavy atom. The Morgan fingerprint density at radius 1 is 1.05 bits per heavy atom. The maximum Gasteiger partial charge on any atom is 0.209 e. The van der Waals surface area contributed by atoms with Crippen LogP contribution in [0.15, 0.2) is 70.7 Å². The molecule has 3 heterocycles. The summed E-state index contributed by atoms with van der Waals surface area (Å²) in [6.07, 6.45) is 6.55. The summed E-state index contributed by atoms with van der Waals surface area (Å²) in [4.78, 5) is 0.661. The molecule has 1 atom stereocenters. The lowest BCUT2D eigenvalue weighted by atomic mass is 9.91. The van der Waals surface area contributed by atoms with Crippen molar-refractivity contribution < 1.29 is 22.6 Å². The first-order valence-electron chi connectivity index (χ1n) is 13.8. The molecule has 1 aliphatic rings. The molecule has 5 rings (SSSR count). The molecule has 1 N–H and O–H groups in total. The van der Waals surface area contributed by atoms with Crippen molar-refractivity contribution in [2.75, 3.05) is 27.4 Å². The van der Waals surface area contributed by atoms with Gasteiger partial charge in [0.2, 0.25) is 9.84 Å². The zero-order chi connectivity index (χ0) is 28.4. The number of pyridine rings is 1. The summed E-state index contributed by atoms with van der Waals surface area (Å²) in [5, 5.41) is 3.61. The molecule has 0 aliphatic carbocycles. The number of benzene rings is 2. The first-order valence-corrected chi connectivity index (χ1v) is 15.3. The lowest BCUT2D eigenvalue weighted by Crippen LogP contribution is -2.30. The Balaban J connectivity index is 1.26. The quantitative estimate of drug-likeness (QED) is 0.230. The summed E-state index contributed by atoms with van der Waals surface area (Å²) in [5.41, 5.74) is 5.02. The monoisotopic (exact) mass is 562 g/mol. The van der Waals surface area contributed by atoms with Crippen LogP contribution in [0, 0.1) is 6.92 Å². The van der Waals surface area contributed by atoms with Crippen LogP contribution in [0.2, 0.25) is 0 Å².